The van der Waals surface area contributed by atoms with Gasteiger partial charge in [-0.05, 0) is 38.5 Å². The highest BCUT2D eigenvalue weighted by Crippen LogP contribution is 2.24. The first-order valence-electron chi connectivity index (χ1n) is 11.3. The smallest absolute Gasteiger partial charge is 0.339 e. The molecule has 4 heterocycles. The lowest BCUT2D eigenvalue weighted by Crippen LogP contribution is -2.42. The third-order valence-electron chi connectivity index (χ3n) is 5.16. The van der Waals surface area contributed by atoms with Gasteiger partial charge in [-0.3, -0.25) is 9.59 Å². The van der Waals surface area contributed by atoms with Crippen LogP contribution in [0.5, 0.6) is 17.6 Å². The Bertz CT molecular complexity index is 1260. The molecule has 186 valence electrons. The van der Waals surface area contributed by atoms with E-state index >= 15 is 0 Å². The van der Waals surface area contributed by atoms with Crippen LogP contribution in [0.4, 0.5) is 5.82 Å². The van der Waals surface area contributed by atoms with Gasteiger partial charge in [-0.25, -0.2) is 14.8 Å². The second-order valence-corrected chi connectivity index (χ2v) is 8.21. The Balaban J connectivity index is 1.51. The molecule has 1 N–H and O–H groups in total. The normalized spacial score (nSPS) is 12.5. The number of pyridine rings is 3. The summed E-state index contributed by atoms with van der Waals surface area (Å²) in [5.41, 5.74) is 0.935. The fourth-order valence-corrected chi connectivity index (χ4v) is 3.24. The van der Waals surface area contributed by atoms with E-state index in [1.165, 1.54) is 43.8 Å². The molecule has 0 aromatic carbocycles. The number of carbonyl (C=O) groups is 3. The summed E-state index contributed by atoms with van der Waals surface area (Å²) in [4.78, 5) is 51.1. The van der Waals surface area contributed by atoms with Crippen molar-refractivity contribution in [2.75, 3.05) is 25.5 Å². The van der Waals surface area contributed by atoms with Crippen molar-refractivity contribution in [2.45, 2.75) is 26.4 Å². The van der Waals surface area contributed by atoms with Crippen molar-refractivity contribution in [1.29, 1.82) is 0 Å². The summed E-state index contributed by atoms with van der Waals surface area (Å²) in [7, 11) is 1.27. The van der Waals surface area contributed by atoms with Crippen molar-refractivity contribution in [2.24, 2.45) is 0 Å². The van der Waals surface area contributed by atoms with E-state index in [9.17, 15) is 14.4 Å². The SMILES string of the molecule is COC(=O)c1ccc(NC(=O)c2cc(Oc3ccc(C(=O)N4CCC4)cn3)nc(OC(C)C)c2)nc1. The molecule has 11 nitrogen and oxygen atoms in total. The van der Waals surface area contributed by atoms with Gasteiger partial charge in [0.2, 0.25) is 17.6 Å². The molecule has 4 rings (SSSR count). The summed E-state index contributed by atoms with van der Waals surface area (Å²) in [6.45, 7) is 5.16. The number of ether oxygens (including phenoxy) is 3. The van der Waals surface area contributed by atoms with Gasteiger partial charge in [-0.1, -0.05) is 0 Å². The fraction of sp³-hybridized carbons (Fsp3) is 0.280. The van der Waals surface area contributed by atoms with Gasteiger partial charge >= 0.3 is 5.97 Å². The van der Waals surface area contributed by atoms with Crippen molar-refractivity contribution >= 4 is 23.6 Å². The van der Waals surface area contributed by atoms with E-state index < -0.39 is 11.9 Å². The zero-order chi connectivity index (χ0) is 25.7. The van der Waals surface area contributed by atoms with E-state index in [1.807, 2.05) is 13.8 Å². The molecule has 3 aromatic rings. The lowest BCUT2D eigenvalue weighted by molar-refractivity contribution is 0.0599. The Kier molecular flexibility index (Phi) is 7.38. The molecule has 3 aromatic heterocycles. The topological polar surface area (TPSA) is 133 Å². The molecule has 1 aliphatic rings. The minimum Gasteiger partial charge on any atom is -0.475 e. The van der Waals surface area contributed by atoms with Crippen LogP contribution in [-0.4, -0.2) is 63.9 Å². The van der Waals surface area contributed by atoms with Crippen LogP contribution in [0.1, 0.15) is 51.3 Å². The molecule has 0 spiro atoms. The lowest BCUT2D eigenvalue weighted by Gasteiger charge is -2.30. The highest BCUT2D eigenvalue weighted by Gasteiger charge is 2.22. The Morgan fingerprint density at radius 2 is 1.64 bits per heavy atom. The van der Waals surface area contributed by atoms with Gasteiger partial charge in [0.15, 0.2) is 0 Å². The van der Waals surface area contributed by atoms with Gasteiger partial charge in [0.25, 0.3) is 11.8 Å². The quantitative estimate of drug-likeness (QED) is 0.471. The van der Waals surface area contributed by atoms with Crippen LogP contribution in [0.25, 0.3) is 0 Å². The Morgan fingerprint density at radius 1 is 0.917 bits per heavy atom. The maximum Gasteiger partial charge on any atom is 0.339 e. The van der Waals surface area contributed by atoms with Crippen LogP contribution in [-0.2, 0) is 4.74 Å². The van der Waals surface area contributed by atoms with Gasteiger partial charge in [0, 0.05) is 43.7 Å². The summed E-state index contributed by atoms with van der Waals surface area (Å²) in [6.07, 6.45) is 3.56. The molecular formula is C25H25N5O6. The molecule has 0 atom stereocenters. The Hall–Kier alpha value is -4.54. The van der Waals surface area contributed by atoms with Gasteiger partial charge < -0.3 is 24.4 Å². The van der Waals surface area contributed by atoms with E-state index in [4.69, 9.17) is 9.47 Å². The highest BCUT2D eigenvalue weighted by atomic mass is 16.5. The number of anilines is 1. The monoisotopic (exact) mass is 491 g/mol. The number of nitrogens with one attached hydrogen (secondary N) is 1. The summed E-state index contributed by atoms with van der Waals surface area (Å²) >= 11 is 0. The number of carbonyl (C=O) groups excluding carboxylic acids is 3. The zero-order valence-electron chi connectivity index (χ0n) is 20.1. The molecule has 0 aliphatic carbocycles. The molecule has 0 saturated carbocycles. The van der Waals surface area contributed by atoms with Crippen molar-refractivity contribution in [3.8, 4) is 17.6 Å². The maximum absolute atomic E-state index is 12.9. The largest absolute Gasteiger partial charge is 0.475 e. The molecule has 1 aliphatic heterocycles. The average molecular weight is 492 g/mol. The van der Waals surface area contributed by atoms with Crippen LogP contribution >= 0.6 is 0 Å². The van der Waals surface area contributed by atoms with Crippen molar-refractivity contribution < 1.29 is 28.6 Å². The number of amides is 2. The first kappa shape index (κ1) is 24.6. The molecule has 11 heteroatoms. The standard InChI is InChI=1S/C25H25N5O6/c1-15(2)35-21-11-18(23(31)28-19-7-5-17(14-26-19)25(33)34-3)12-22(29-21)36-20-8-6-16(13-27-20)24(32)30-9-4-10-30/h5-8,11-15H,4,9-10H2,1-3H3,(H,26,28,31). The van der Waals surface area contributed by atoms with Crippen molar-refractivity contribution in [3.05, 3.63) is 65.5 Å². The lowest BCUT2D eigenvalue weighted by atomic mass is 10.1. The number of likely N-dealkylation sites (tertiary alicyclic amines) is 1. The van der Waals surface area contributed by atoms with Crippen LogP contribution < -0.4 is 14.8 Å². The van der Waals surface area contributed by atoms with Gasteiger partial charge in [0.1, 0.15) is 5.82 Å². The van der Waals surface area contributed by atoms with E-state index in [-0.39, 0.29) is 46.6 Å². The van der Waals surface area contributed by atoms with E-state index in [2.05, 4.69) is 25.0 Å². The summed E-state index contributed by atoms with van der Waals surface area (Å²) < 4.78 is 16.1. The van der Waals surface area contributed by atoms with E-state index in [0.29, 0.717) is 5.56 Å². The number of rotatable bonds is 8. The average Bonchev–Trinajstić information content (AvgIpc) is 2.82. The third-order valence-corrected chi connectivity index (χ3v) is 5.16. The van der Waals surface area contributed by atoms with Crippen LogP contribution in [0.3, 0.4) is 0 Å². The highest BCUT2D eigenvalue weighted by molar-refractivity contribution is 6.04. The Labute approximate surface area is 207 Å². The molecular weight excluding hydrogens is 466 g/mol. The second kappa shape index (κ2) is 10.8. The van der Waals surface area contributed by atoms with E-state index in [1.54, 1.807) is 17.0 Å². The summed E-state index contributed by atoms with van der Waals surface area (Å²) in [6, 6.07) is 9.09. The molecule has 0 bridgehead atoms. The van der Waals surface area contributed by atoms with Gasteiger partial charge in [0.05, 0.1) is 29.9 Å². The van der Waals surface area contributed by atoms with Crippen molar-refractivity contribution in [1.82, 2.24) is 19.9 Å². The van der Waals surface area contributed by atoms with Crippen LogP contribution in [0, 0.1) is 0 Å². The minimum atomic E-state index is -0.529. The van der Waals surface area contributed by atoms with Crippen LogP contribution in [0.15, 0.2) is 48.8 Å². The molecule has 2 amide bonds. The van der Waals surface area contributed by atoms with Gasteiger partial charge in [-0.2, -0.15) is 4.98 Å². The third kappa shape index (κ3) is 5.93. The number of aromatic nitrogens is 3. The first-order valence-corrected chi connectivity index (χ1v) is 11.3. The maximum atomic E-state index is 12.9. The molecule has 36 heavy (non-hydrogen) atoms. The number of nitrogens with zero attached hydrogens (tertiary/aromatic N) is 4. The Morgan fingerprint density at radius 3 is 2.22 bits per heavy atom. The number of hydrogen-bond acceptors (Lipinski definition) is 9. The molecule has 0 unspecified atom stereocenters. The summed E-state index contributed by atoms with van der Waals surface area (Å²) in [5.74, 6) is -0.375. The van der Waals surface area contributed by atoms with Gasteiger partial charge in [-0.15, -0.1) is 0 Å². The molecule has 1 fully saturated rings. The molecule has 1 saturated heterocycles. The summed E-state index contributed by atoms with van der Waals surface area (Å²) in [5, 5.41) is 2.66. The molecule has 0 radical (unpaired) electrons. The van der Waals surface area contributed by atoms with Crippen molar-refractivity contribution in [3.63, 3.8) is 0 Å². The number of methoxy groups -OCH3 is 1. The number of esters is 1. The predicted molar refractivity (Wildman–Crippen MR) is 128 cm³/mol. The number of hydrogen-bond donors (Lipinski definition) is 1. The first-order chi connectivity index (χ1) is 17.3. The fourth-order valence-electron chi connectivity index (χ4n) is 3.24. The predicted octanol–water partition coefficient (Wildman–Crippen LogP) is 3.34. The zero-order valence-corrected chi connectivity index (χ0v) is 20.1. The minimum absolute atomic E-state index is 0.0714. The van der Waals surface area contributed by atoms with E-state index in [0.717, 1.165) is 19.5 Å². The second-order valence-electron chi connectivity index (χ2n) is 8.21. The van der Waals surface area contributed by atoms with Crippen LogP contribution in [0.2, 0.25) is 0 Å².